The smallest absolute Gasteiger partial charge is 0.413 e. The Balaban J connectivity index is 1.84. The fourth-order valence-corrected chi connectivity index (χ4v) is 3.56. The molecule has 1 amide bonds. The first-order chi connectivity index (χ1) is 11.1. The van der Waals surface area contributed by atoms with Crippen molar-refractivity contribution in [3.8, 4) is 11.3 Å². The summed E-state index contributed by atoms with van der Waals surface area (Å²) in [4.78, 5) is 24.1. The molecule has 0 aliphatic carbocycles. The molecule has 2 aromatic heterocycles. The van der Waals surface area contributed by atoms with E-state index in [1.807, 2.05) is 12.1 Å². The van der Waals surface area contributed by atoms with Crippen LogP contribution >= 0.6 is 11.6 Å². The van der Waals surface area contributed by atoms with E-state index in [2.05, 4.69) is 14.9 Å². The minimum Gasteiger partial charge on any atom is -0.465 e. The summed E-state index contributed by atoms with van der Waals surface area (Å²) >= 11 is 5.99. The number of hydrogen-bond acceptors (Lipinski definition) is 4. The van der Waals surface area contributed by atoms with Crippen LogP contribution in [0.4, 0.5) is 16.3 Å². The second-order valence-electron chi connectivity index (χ2n) is 5.83. The van der Waals surface area contributed by atoms with Gasteiger partial charge in [-0.3, -0.25) is 9.88 Å². The fourth-order valence-electron chi connectivity index (χ4n) is 3.38. The highest BCUT2D eigenvalue weighted by Crippen LogP contribution is 2.39. The van der Waals surface area contributed by atoms with Crippen LogP contribution in [0.3, 0.4) is 0 Å². The minimum absolute atomic E-state index is 0.0333. The van der Waals surface area contributed by atoms with E-state index in [4.69, 9.17) is 11.6 Å². The lowest BCUT2D eigenvalue weighted by Gasteiger charge is -2.44. The van der Waals surface area contributed by atoms with Gasteiger partial charge in [-0.05, 0) is 31.0 Å². The number of fused-ring (bicyclic) bond motifs is 4. The van der Waals surface area contributed by atoms with Gasteiger partial charge in [0.1, 0.15) is 0 Å². The topological polar surface area (TPSA) is 69.6 Å². The number of anilines is 2. The summed E-state index contributed by atoms with van der Waals surface area (Å²) in [5, 5.41) is 10.2. The zero-order valence-electron chi connectivity index (χ0n) is 12.3. The SMILES string of the molecule is O=C(O)N1c2nc(-c3cncc(Cl)c3)ccc2N2CCCC1C2. The van der Waals surface area contributed by atoms with Crippen molar-refractivity contribution in [2.24, 2.45) is 0 Å². The first-order valence-electron chi connectivity index (χ1n) is 7.52. The standard InChI is InChI=1S/C16H15ClN4O2/c17-11-6-10(7-18-8-11)13-3-4-14-15(19-13)21(16(22)23)12-2-1-5-20(14)9-12/h3-4,6-8,12H,1-2,5,9H2,(H,22,23). The summed E-state index contributed by atoms with van der Waals surface area (Å²) in [5.74, 6) is 0.505. The summed E-state index contributed by atoms with van der Waals surface area (Å²) in [6, 6.07) is 5.57. The van der Waals surface area contributed by atoms with E-state index in [1.165, 1.54) is 4.90 Å². The molecule has 1 saturated heterocycles. The maximum absolute atomic E-state index is 11.8. The number of piperidine rings is 1. The van der Waals surface area contributed by atoms with Gasteiger partial charge in [0.15, 0.2) is 5.82 Å². The molecule has 2 aromatic rings. The summed E-state index contributed by atoms with van der Waals surface area (Å²) in [5.41, 5.74) is 2.32. The van der Waals surface area contributed by atoms with Crippen molar-refractivity contribution in [3.05, 3.63) is 35.6 Å². The number of hydrogen-bond donors (Lipinski definition) is 1. The van der Waals surface area contributed by atoms with E-state index in [-0.39, 0.29) is 6.04 Å². The molecule has 0 radical (unpaired) electrons. The Morgan fingerprint density at radius 1 is 1.35 bits per heavy atom. The summed E-state index contributed by atoms with van der Waals surface area (Å²) in [6.45, 7) is 1.68. The number of rotatable bonds is 1. The van der Waals surface area contributed by atoms with Crippen molar-refractivity contribution in [1.29, 1.82) is 0 Å². The average Bonchev–Trinajstić information content (AvgIpc) is 2.54. The van der Waals surface area contributed by atoms with Crippen LogP contribution in [0.5, 0.6) is 0 Å². The molecule has 1 atom stereocenters. The number of carbonyl (C=O) groups is 1. The highest BCUT2D eigenvalue weighted by molar-refractivity contribution is 6.30. The third-order valence-electron chi connectivity index (χ3n) is 4.39. The number of halogens is 1. The summed E-state index contributed by atoms with van der Waals surface area (Å²) in [6.07, 6.45) is 4.14. The number of nitrogens with zero attached hydrogens (tertiary/aromatic N) is 4. The van der Waals surface area contributed by atoms with Crippen molar-refractivity contribution < 1.29 is 9.90 Å². The molecule has 7 heteroatoms. The Morgan fingerprint density at radius 3 is 3.00 bits per heavy atom. The lowest BCUT2D eigenvalue weighted by Crippen LogP contribution is -2.54. The summed E-state index contributed by atoms with van der Waals surface area (Å²) in [7, 11) is 0. The Bertz CT molecular complexity index is 782. The lowest BCUT2D eigenvalue weighted by molar-refractivity contribution is 0.197. The maximum Gasteiger partial charge on any atom is 0.413 e. The Hall–Kier alpha value is -2.34. The lowest BCUT2D eigenvalue weighted by atomic mass is 9.99. The second kappa shape index (κ2) is 5.38. The molecule has 6 nitrogen and oxygen atoms in total. The largest absolute Gasteiger partial charge is 0.465 e. The van der Waals surface area contributed by atoms with Crippen molar-refractivity contribution in [2.75, 3.05) is 22.9 Å². The molecule has 23 heavy (non-hydrogen) atoms. The molecule has 2 bridgehead atoms. The molecule has 118 valence electrons. The van der Waals surface area contributed by atoms with Gasteiger partial charge in [0.25, 0.3) is 0 Å². The van der Waals surface area contributed by atoms with Gasteiger partial charge in [0.05, 0.1) is 22.4 Å². The molecule has 2 aliphatic rings. The van der Waals surface area contributed by atoms with Crippen molar-refractivity contribution >= 4 is 29.2 Å². The van der Waals surface area contributed by atoms with Crippen LogP contribution in [-0.4, -0.2) is 40.3 Å². The average molecular weight is 331 g/mol. The number of pyridine rings is 2. The number of amides is 1. The molecule has 0 spiro atoms. The van der Waals surface area contributed by atoms with Gasteiger partial charge >= 0.3 is 6.09 Å². The van der Waals surface area contributed by atoms with Crippen LogP contribution in [0, 0.1) is 0 Å². The van der Waals surface area contributed by atoms with Gasteiger partial charge in [0, 0.05) is 31.0 Å². The van der Waals surface area contributed by atoms with E-state index in [0.29, 0.717) is 16.5 Å². The number of carboxylic acid groups (broad SMARTS) is 1. The molecule has 2 aliphatic heterocycles. The van der Waals surface area contributed by atoms with E-state index in [0.717, 1.165) is 37.2 Å². The molecular weight excluding hydrogens is 316 g/mol. The third-order valence-corrected chi connectivity index (χ3v) is 4.60. The molecular formula is C16H15ClN4O2. The summed E-state index contributed by atoms with van der Waals surface area (Å²) < 4.78 is 0. The first kappa shape index (κ1) is 14.3. The zero-order chi connectivity index (χ0) is 16.0. The monoisotopic (exact) mass is 330 g/mol. The van der Waals surface area contributed by atoms with Crippen molar-refractivity contribution in [3.63, 3.8) is 0 Å². The van der Waals surface area contributed by atoms with Crippen LogP contribution in [0.25, 0.3) is 11.3 Å². The van der Waals surface area contributed by atoms with Gasteiger partial charge in [0.2, 0.25) is 0 Å². The van der Waals surface area contributed by atoms with E-state index < -0.39 is 6.09 Å². The second-order valence-corrected chi connectivity index (χ2v) is 6.26. The maximum atomic E-state index is 11.8. The quantitative estimate of drug-likeness (QED) is 0.869. The highest BCUT2D eigenvalue weighted by Gasteiger charge is 2.38. The Kier molecular flexibility index (Phi) is 3.34. The Labute approximate surface area is 138 Å². The molecule has 1 N–H and O–H groups in total. The van der Waals surface area contributed by atoms with Crippen molar-refractivity contribution in [2.45, 2.75) is 18.9 Å². The molecule has 4 rings (SSSR count). The van der Waals surface area contributed by atoms with Crippen LogP contribution in [0.2, 0.25) is 5.02 Å². The van der Waals surface area contributed by atoms with Crippen LogP contribution in [0.1, 0.15) is 12.8 Å². The van der Waals surface area contributed by atoms with Gasteiger partial charge < -0.3 is 10.0 Å². The molecule has 0 aromatic carbocycles. The molecule has 4 heterocycles. The third kappa shape index (κ3) is 2.39. The van der Waals surface area contributed by atoms with Gasteiger partial charge in [-0.1, -0.05) is 11.6 Å². The zero-order valence-corrected chi connectivity index (χ0v) is 13.1. The molecule has 1 unspecified atom stereocenters. The normalized spacial score (nSPS) is 19.4. The molecule has 1 fully saturated rings. The molecule has 0 saturated carbocycles. The van der Waals surface area contributed by atoms with E-state index >= 15 is 0 Å². The highest BCUT2D eigenvalue weighted by atomic mass is 35.5. The van der Waals surface area contributed by atoms with Crippen molar-refractivity contribution in [1.82, 2.24) is 9.97 Å². The van der Waals surface area contributed by atoms with E-state index in [9.17, 15) is 9.90 Å². The predicted octanol–water partition coefficient (Wildman–Crippen LogP) is 3.26. The first-order valence-corrected chi connectivity index (χ1v) is 7.90. The van der Waals surface area contributed by atoms with E-state index in [1.54, 1.807) is 18.5 Å². The van der Waals surface area contributed by atoms with Gasteiger partial charge in [-0.2, -0.15) is 0 Å². The van der Waals surface area contributed by atoms with Crippen LogP contribution in [-0.2, 0) is 0 Å². The van der Waals surface area contributed by atoms with Crippen LogP contribution < -0.4 is 9.80 Å². The van der Waals surface area contributed by atoms with Gasteiger partial charge in [-0.15, -0.1) is 0 Å². The fraction of sp³-hybridized carbons (Fsp3) is 0.312. The van der Waals surface area contributed by atoms with Crippen LogP contribution in [0.15, 0.2) is 30.6 Å². The van der Waals surface area contributed by atoms with Gasteiger partial charge in [-0.25, -0.2) is 9.78 Å². The predicted molar refractivity (Wildman–Crippen MR) is 88.2 cm³/mol. The Morgan fingerprint density at radius 2 is 2.22 bits per heavy atom. The minimum atomic E-state index is -0.952. The number of aromatic nitrogens is 2.